The maximum Gasteiger partial charge on any atom is 0.310 e. The maximum atomic E-state index is 13.2. The van der Waals surface area contributed by atoms with E-state index >= 15 is 0 Å². The quantitative estimate of drug-likeness (QED) is 0.633. The fourth-order valence-electron chi connectivity index (χ4n) is 1.03. The van der Waals surface area contributed by atoms with Gasteiger partial charge in [0.2, 0.25) is 0 Å². The molecule has 0 aromatic heterocycles. The van der Waals surface area contributed by atoms with Crippen molar-refractivity contribution in [1.29, 1.82) is 0 Å². The van der Waals surface area contributed by atoms with Crippen LogP contribution in [0.15, 0.2) is 18.2 Å². The molecule has 1 aromatic rings. The average Bonchev–Trinajstić information content (AvgIpc) is 2.10. The van der Waals surface area contributed by atoms with E-state index in [0.29, 0.717) is 12.2 Å². The molecule has 0 aliphatic carbocycles. The van der Waals surface area contributed by atoms with Crippen LogP contribution in [0.4, 0.5) is 4.39 Å². The lowest BCUT2D eigenvalue weighted by Crippen LogP contribution is -2.08. The largest absolute Gasteiger partial charge is 0.466 e. The van der Waals surface area contributed by atoms with Crippen LogP contribution in [0, 0.1) is 9.39 Å². The van der Waals surface area contributed by atoms with Crippen LogP contribution in [0.2, 0.25) is 0 Å². The van der Waals surface area contributed by atoms with Crippen molar-refractivity contribution in [3.63, 3.8) is 0 Å². The van der Waals surface area contributed by atoms with Crippen LogP contribution in [-0.4, -0.2) is 12.6 Å². The van der Waals surface area contributed by atoms with Crippen molar-refractivity contribution in [2.75, 3.05) is 6.61 Å². The Hall–Kier alpha value is -0.650. The first kappa shape index (κ1) is 11.4. The Labute approximate surface area is 95.6 Å². The third kappa shape index (κ3) is 3.25. The molecule has 2 nitrogen and oxygen atoms in total. The smallest absolute Gasteiger partial charge is 0.310 e. The number of esters is 1. The van der Waals surface area contributed by atoms with E-state index in [9.17, 15) is 9.18 Å². The van der Waals surface area contributed by atoms with Gasteiger partial charge in [0.15, 0.2) is 0 Å². The molecule has 0 radical (unpaired) electrons. The lowest BCUT2D eigenvalue weighted by molar-refractivity contribution is -0.142. The molecule has 14 heavy (non-hydrogen) atoms. The van der Waals surface area contributed by atoms with Crippen molar-refractivity contribution in [2.45, 2.75) is 13.3 Å². The normalized spacial score (nSPS) is 9.93. The van der Waals surface area contributed by atoms with Gasteiger partial charge in [-0.05, 0) is 47.2 Å². The molecule has 0 unspecified atom stereocenters. The zero-order valence-corrected chi connectivity index (χ0v) is 9.88. The van der Waals surface area contributed by atoms with Gasteiger partial charge in [-0.1, -0.05) is 6.07 Å². The summed E-state index contributed by atoms with van der Waals surface area (Å²) in [4.78, 5) is 11.1. The molecule has 0 atom stereocenters. The van der Waals surface area contributed by atoms with E-state index in [1.807, 2.05) is 22.6 Å². The Morgan fingerprint density at radius 3 is 2.86 bits per heavy atom. The number of halogens is 2. The van der Waals surface area contributed by atoms with Gasteiger partial charge >= 0.3 is 5.97 Å². The van der Waals surface area contributed by atoms with Crippen molar-refractivity contribution in [2.24, 2.45) is 0 Å². The fraction of sp³-hybridized carbons (Fsp3) is 0.300. The third-order valence-electron chi connectivity index (χ3n) is 1.66. The molecule has 1 rings (SSSR count). The molecule has 0 N–H and O–H groups in total. The lowest BCUT2D eigenvalue weighted by atomic mass is 10.1. The lowest BCUT2D eigenvalue weighted by Gasteiger charge is -2.03. The second-order valence-corrected chi connectivity index (χ2v) is 3.96. The summed E-state index contributed by atoms with van der Waals surface area (Å²) in [5.41, 5.74) is 0.379. The number of carbonyl (C=O) groups excluding carboxylic acids is 1. The van der Waals surface area contributed by atoms with E-state index in [0.717, 1.165) is 3.57 Å². The number of hydrogen-bond donors (Lipinski definition) is 0. The van der Waals surface area contributed by atoms with Gasteiger partial charge in [-0.25, -0.2) is 4.39 Å². The SMILES string of the molecule is CCOC(=O)Cc1ccc(I)cc1F. The molecule has 4 heteroatoms. The van der Waals surface area contributed by atoms with Crippen molar-refractivity contribution >= 4 is 28.6 Å². The molecule has 0 amide bonds. The Morgan fingerprint density at radius 1 is 1.57 bits per heavy atom. The minimum Gasteiger partial charge on any atom is -0.466 e. The van der Waals surface area contributed by atoms with Crippen LogP contribution in [0.5, 0.6) is 0 Å². The first-order valence-electron chi connectivity index (χ1n) is 4.23. The molecule has 0 aliphatic heterocycles. The second-order valence-electron chi connectivity index (χ2n) is 2.72. The van der Waals surface area contributed by atoms with Gasteiger partial charge in [0, 0.05) is 3.57 Å². The molecular formula is C10H10FIO2. The monoisotopic (exact) mass is 308 g/mol. The van der Waals surface area contributed by atoms with Gasteiger partial charge in [0.1, 0.15) is 5.82 Å². The Kier molecular flexibility index (Phi) is 4.31. The molecule has 0 aliphatic rings. The third-order valence-corrected chi connectivity index (χ3v) is 2.33. The Balaban J connectivity index is 2.72. The summed E-state index contributed by atoms with van der Waals surface area (Å²) < 4.78 is 18.8. The van der Waals surface area contributed by atoms with Crippen LogP contribution < -0.4 is 0 Å². The minimum atomic E-state index is -0.396. The predicted octanol–water partition coefficient (Wildman–Crippen LogP) is 2.54. The summed E-state index contributed by atoms with van der Waals surface area (Å²) in [5, 5.41) is 0. The van der Waals surface area contributed by atoms with Crippen molar-refractivity contribution < 1.29 is 13.9 Å². The van der Waals surface area contributed by atoms with Crippen molar-refractivity contribution in [1.82, 2.24) is 0 Å². The van der Waals surface area contributed by atoms with E-state index in [1.54, 1.807) is 19.1 Å². The van der Waals surface area contributed by atoms with Gasteiger partial charge in [0.25, 0.3) is 0 Å². The molecule has 0 spiro atoms. The first-order chi connectivity index (χ1) is 6.63. The number of rotatable bonds is 3. The van der Waals surface area contributed by atoms with E-state index in [1.165, 1.54) is 6.07 Å². The minimum absolute atomic E-state index is 0.00338. The van der Waals surface area contributed by atoms with Crippen LogP contribution in [-0.2, 0) is 16.0 Å². The van der Waals surface area contributed by atoms with Gasteiger partial charge in [-0.15, -0.1) is 0 Å². The summed E-state index contributed by atoms with van der Waals surface area (Å²) in [6, 6.07) is 4.77. The zero-order chi connectivity index (χ0) is 10.6. The molecule has 0 saturated heterocycles. The summed E-state index contributed by atoms with van der Waals surface area (Å²) in [5.74, 6) is -0.752. The molecule has 0 fully saturated rings. The number of ether oxygens (including phenoxy) is 1. The summed E-state index contributed by atoms with van der Waals surface area (Å²) >= 11 is 2.02. The average molecular weight is 308 g/mol. The van der Waals surface area contributed by atoms with Crippen molar-refractivity contribution in [3.05, 3.63) is 33.1 Å². The highest BCUT2D eigenvalue weighted by Crippen LogP contribution is 2.13. The first-order valence-corrected chi connectivity index (χ1v) is 5.31. The van der Waals surface area contributed by atoms with E-state index in [4.69, 9.17) is 4.74 Å². The van der Waals surface area contributed by atoms with Crippen LogP contribution in [0.25, 0.3) is 0 Å². The Bertz CT molecular complexity index is 339. The second kappa shape index (κ2) is 5.29. The standard InChI is InChI=1S/C10H10FIO2/c1-2-14-10(13)5-7-3-4-8(12)6-9(7)11/h3-4,6H,2,5H2,1H3. The zero-order valence-electron chi connectivity index (χ0n) is 7.72. The topological polar surface area (TPSA) is 26.3 Å². The highest BCUT2D eigenvalue weighted by Gasteiger charge is 2.08. The van der Waals surface area contributed by atoms with E-state index in [2.05, 4.69) is 0 Å². The number of hydrogen-bond acceptors (Lipinski definition) is 2. The highest BCUT2D eigenvalue weighted by atomic mass is 127. The number of carbonyl (C=O) groups is 1. The van der Waals surface area contributed by atoms with Gasteiger partial charge in [-0.2, -0.15) is 0 Å². The van der Waals surface area contributed by atoms with Crippen LogP contribution in [0.1, 0.15) is 12.5 Å². The van der Waals surface area contributed by atoms with Gasteiger partial charge in [-0.3, -0.25) is 4.79 Å². The molecule has 1 aromatic carbocycles. The molecule has 76 valence electrons. The van der Waals surface area contributed by atoms with Crippen LogP contribution in [0.3, 0.4) is 0 Å². The molecule has 0 saturated carbocycles. The summed E-state index contributed by atoms with van der Waals surface area (Å²) in [7, 11) is 0. The molecular weight excluding hydrogens is 298 g/mol. The molecule has 0 bridgehead atoms. The van der Waals surface area contributed by atoms with Gasteiger partial charge in [0.05, 0.1) is 13.0 Å². The fourth-order valence-corrected chi connectivity index (χ4v) is 1.49. The van der Waals surface area contributed by atoms with Crippen LogP contribution >= 0.6 is 22.6 Å². The Morgan fingerprint density at radius 2 is 2.29 bits per heavy atom. The highest BCUT2D eigenvalue weighted by molar-refractivity contribution is 14.1. The van der Waals surface area contributed by atoms with Crippen molar-refractivity contribution in [3.8, 4) is 0 Å². The number of benzene rings is 1. The molecule has 0 heterocycles. The van der Waals surface area contributed by atoms with Gasteiger partial charge < -0.3 is 4.74 Å². The van der Waals surface area contributed by atoms with E-state index < -0.39 is 5.97 Å². The maximum absolute atomic E-state index is 13.2. The predicted molar refractivity (Wildman–Crippen MR) is 59.5 cm³/mol. The van der Waals surface area contributed by atoms with E-state index in [-0.39, 0.29) is 12.2 Å². The summed E-state index contributed by atoms with van der Waals surface area (Å²) in [6.45, 7) is 2.05. The summed E-state index contributed by atoms with van der Waals surface area (Å²) in [6.07, 6.45) is -0.00338.